The number of rotatable bonds is 6. The Balaban J connectivity index is 3.11. The first-order valence-corrected chi connectivity index (χ1v) is 7.49. The highest BCUT2D eigenvalue weighted by Gasteiger charge is 2.25. The first-order chi connectivity index (χ1) is 9.92. The highest BCUT2D eigenvalue weighted by atomic mass is 32.1. The number of carbonyl (C=O) groups is 3. The van der Waals surface area contributed by atoms with Crippen molar-refractivity contribution in [2.24, 2.45) is 0 Å². The predicted molar refractivity (Wildman–Crippen MR) is 80.3 cm³/mol. The first-order valence-electron chi connectivity index (χ1n) is 6.67. The predicted octanol–water partition coefficient (Wildman–Crippen LogP) is 3.39. The third kappa shape index (κ3) is 4.29. The fourth-order valence-corrected chi connectivity index (χ4v) is 2.79. The molecule has 0 aromatic carbocycles. The number of nitrogens with one attached hydrogen (secondary N) is 1. The van der Waals surface area contributed by atoms with Gasteiger partial charge in [-0.3, -0.25) is 10.1 Å². The zero-order chi connectivity index (χ0) is 16.0. The van der Waals surface area contributed by atoms with E-state index < -0.39 is 12.1 Å². The third-order valence-electron chi connectivity index (χ3n) is 2.60. The molecule has 21 heavy (non-hydrogen) atoms. The molecule has 0 fully saturated rings. The molecule has 0 atom stereocenters. The fraction of sp³-hybridized carbons (Fsp3) is 0.500. The van der Waals surface area contributed by atoms with Gasteiger partial charge in [-0.1, -0.05) is 6.92 Å². The van der Waals surface area contributed by atoms with E-state index in [1.807, 2.05) is 6.92 Å². The first kappa shape index (κ1) is 17.2. The molecule has 1 heterocycles. The van der Waals surface area contributed by atoms with Crippen molar-refractivity contribution in [3.05, 3.63) is 16.0 Å². The number of hydrogen-bond donors (Lipinski definition) is 1. The summed E-state index contributed by atoms with van der Waals surface area (Å²) in [7, 11) is 0. The Morgan fingerprint density at radius 3 is 2.38 bits per heavy atom. The molecule has 7 heteroatoms. The minimum absolute atomic E-state index is 0.168. The van der Waals surface area contributed by atoms with E-state index in [2.05, 4.69) is 5.32 Å². The second-order valence-electron chi connectivity index (χ2n) is 4.30. The van der Waals surface area contributed by atoms with Crippen LogP contribution < -0.4 is 5.32 Å². The standard InChI is InChI=1S/C14H19NO5S/c1-5-7-20-14(18)15-12-10(13(17)19-6-2)8(3)11(21-12)9(4)16/h5-7H2,1-4H3,(H,15,18). The van der Waals surface area contributed by atoms with E-state index in [9.17, 15) is 14.4 Å². The second kappa shape index (κ2) is 7.78. The molecule has 1 N–H and O–H groups in total. The molecule has 0 aliphatic heterocycles. The van der Waals surface area contributed by atoms with Crippen LogP contribution in [0.3, 0.4) is 0 Å². The van der Waals surface area contributed by atoms with Gasteiger partial charge in [0.25, 0.3) is 0 Å². The van der Waals surface area contributed by atoms with Gasteiger partial charge in [0.15, 0.2) is 5.78 Å². The smallest absolute Gasteiger partial charge is 0.412 e. The molecule has 0 saturated carbocycles. The SMILES string of the molecule is CCCOC(=O)Nc1sc(C(C)=O)c(C)c1C(=O)OCC. The van der Waals surface area contributed by atoms with Crippen molar-refractivity contribution in [2.75, 3.05) is 18.5 Å². The summed E-state index contributed by atoms with van der Waals surface area (Å²) < 4.78 is 9.89. The molecule has 116 valence electrons. The molecule has 0 saturated heterocycles. The summed E-state index contributed by atoms with van der Waals surface area (Å²) in [6.07, 6.45) is 0.0408. The summed E-state index contributed by atoms with van der Waals surface area (Å²) >= 11 is 1.05. The van der Waals surface area contributed by atoms with E-state index in [0.717, 1.165) is 11.3 Å². The number of carbonyl (C=O) groups excluding carboxylic acids is 3. The molecule has 0 aliphatic rings. The highest BCUT2D eigenvalue weighted by Crippen LogP contribution is 2.34. The number of thiophene rings is 1. The number of esters is 1. The van der Waals surface area contributed by atoms with E-state index >= 15 is 0 Å². The van der Waals surface area contributed by atoms with Gasteiger partial charge in [0.1, 0.15) is 5.00 Å². The summed E-state index contributed by atoms with van der Waals surface area (Å²) in [5.41, 5.74) is 0.720. The van der Waals surface area contributed by atoms with Gasteiger partial charge in [0.05, 0.1) is 23.7 Å². The van der Waals surface area contributed by atoms with Crippen LogP contribution in [0.25, 0.3) is 0 Å². The molecule has 0 unspecified atom stereocenters. The Morgan fingerprint density at radius 1 is 1.19 bits per heavy atom. The minimum Gasteiger partial charge on any atom is -0.462 e. The van der Waals surface area contributed by atoms with Crippen LogP contribution in [-0.4, -0.2) is 31.1 Å². The van der Waals surface area contributed by atoms with Crippen molar-refractivity contribution in [3.8, 4) is 0 Å². The van der Waals surface area contributed by atoms with Crippen molar-refractivity contribution in [2.45, 2.75) is 34.1 Å². The zero-order valence-corrected chi connectivity index (χ0v) is 13.4. The van der Waals surface area contributed by atoms with Crippen molar-refractivity contribution < 1.29 is 23.9 Å². The lowest BCUT2D eigenvalue weighted by Crippen LogP contribution is -2.16. The Morgan fingerprint density at radius 2 is 1.86 bits per heavy atom. The van der Waals surface area contributed by atoms with Gasteiger partial charge in [-0.2, -0.15) is 0 Å². The van der Waals surface area contributed by atoms with Crippen LogP contribution in [-0.2, 0) is 9.47 Å². The lowest BCUT2D eigenvalue weighted by molar-refractivity contribution is 0.0527. The normalized spacial score (nSPS) is 10.1. The molecule has 1 aromatic rings. The number of ketones is 1. The maximum absolute atomic E-state index is 12.0. The van der Waals surface area contributed by atoms with Gasteiger partial charge >= 0.3 is 12.1 Å². The molecule has 6 nitrogen and oxygen atoms in total. The summed E-state index contributed by atoms with van der Waals surface area (Å²) in [6, 6.07) is 0. The van der Waals surface area contributed by atoms with Crippen LogP contribution in [0.5, 0.6) is 0 Å². The summed E-state index contributed by atoms with van der Waals surface area (Å²) in [5.74, 6) is -0.734. The number of ether oxygens (including phenoxy) is 2. The van der Waals surface area contributed by atoms with E-state index in [1.54, 1.807) is 13.8 Å². The van der Waals surface area contributed by atoms with Gasteiger partial charge in [0, 0.05) is 0 Å². The maximum atomic E-state index is 12.0. The van der Waals surface area contributed by atoms with Crippen LogP contribution in [0.4, 0.5) is 9.80 Å². The summed E-state index contributed by atoms with van der Waals surface area (Å²) in [6.45, 7) is 7.12. The molecular weight excluding hydrogens is 294 g/mol. The average Bonchev–Trinajstić information content (AvgIpc) is 2.73. The van der Waals surface area contributed by atoms with E-state index in [4.69, 9.17) is 9.47 Å². The van der Waals surface area contributed by atoms with Crippen molar-refractivity contribution in [3.63, 3.8) is 0 Å². The third-order valence-corrected chi connectivity index (χ3v) is 3.91. The lowest BCUT2D eigenvalue weighted by Gasteiger charge is -2.07. The number of anilines is 1. The topological polar surface area (TPSA) is 81.7 Å². The van der Waals surface area contributed by atoms with Gasteiger partial charge in [-0.25, -0.2) is 9.59 Å². The molecule has 1 rings (SSSR count). The van der Waals surface area contributed by atoms with Crippen LogP contribution in [0.1, 0.15) is 52.8 Å². The molecule has 0 bridgehead atoms. The summed E-state index contributed by atoms with van der Waals surface area (Å²) in [4.78, 5) is 35.6. The van der Waals surface area contributed by atoms with Gasteiger partial charge < -0.3 is 9.47 Å². The molecule has 0 radical (unpaired) electrons. The number of Topliss-reactive ketones (excluding diaryl/α,β-unsaturated/α-hetero) is 1. The number of hydrogen-bond acceptors (Lipinski definition) is 6. The van der Waals surface area contributed by atoms with Crippen LogP contribution in [0, 0.1) is 6.92 Å². The van der Waals surface area contributed by atoms with Crippen LogP contribution >= 0.6 is 11.3 Å². The minimum atomic E-state index is -0.654. The zero-order valence-electron chi connectivity index (χ0n) is 12.6. The van der Waals surface area contributed by atoms with E-state index in [1.165, 1.54) is 6.92 Å². The van der Waals surface area contributed by atoms with Gasteiger partial charge in [-0.15, -0.1) is 11.3 Å². The Bertz CT molecular complexity index is 550. The largest absolute Gasteiger partial charge is 0.462 e. The van der Waals surface area contributed by atoms with Crippen molar-refractivity contribution >= 4 is 34.2 Å². The highest BCUT2D eigenvalue weighted by molar-refractivity contribution is 7.18. The second-order valence-corrected chi connectivity index (χ2v) is 5.32. The van der Waals surface area contributed by atoms with Crippen LogP contribution in [0.15, 0.2) is 0 Å². The quantitative estimate of drug-likeness (QED) is 0.643. The lowest BCUT2D eigenvalue weighted by atomic mass is 10.1. The molecule has 1 amide bonds. The number of amides is 1. The van der Waals surface area contributed by atoms with Crippen molar-refractivity contribution in [1.29, 1.82) is 0 Å². The molecule has 0 spiro atoms. The maximum Gasteiger partial charge on any atom is 0.412 e. The fourth-order valence-electron chi connectivity index (χ4n) is 1.71. The monoisotopic (exact) mass is 313 g/mol. The molecular formula is C14H19NO5S. The Labute approximate surface area is 127 Å². The summed E-state index contributed by atoms with van der Waals surface area (Å²) in [5, 5.41) is 2.78. The molecule has 0 aliphatic carbocycles. The Hall–Kier alpha value is -1.89. The Kier molecular flexibility index (Phi) is 6.36. The molecule has 1 aromatic heterocycles. The van der Waals surface area contributed by atoms with E-state index in [-0.39, 0.29) is 29.6 Å². The van der Waals surface area contributed by atoms with Gasteiger partial charge in [-0.05, 0) is 32.8 Å². The van der Waals surface area contributed by atoms with E-state index in [0.29, 0.717) is 16.9 Å². The van der Waals surface area contributed by atoms with Crippen molar-refractivity contribution in [1.82, 2.24) is 0 Å². The average molecular weight is 313 g/mol. The van der Waals surface area contributed by atoms with Crippen LogP contribution in [0.2, 0.25) is 0 Å². The van der Waals surface area contributed by atoms with Gasteiger partial charge in [0.2, 0.25) is 0 Å².